The number of thioether (sulfide) groups is 1. The molecule has 0 aromatic heterocycles. The van der Waals surface area contributed by atoms with E-state index < -0.39 is 0 Å². The molecule has 8 heteroatoms. The Hall–Kier alpha value is -1.36. The molecule has 0 saturated carbocycles. The number of methoxy groups -OCH3 is 1. The molecule has 0 radical (unpaired) electrons. The lowest BCUT2D eigenvalue weighted by atomic mass is 10.2. The molecule has 0 atom stereocenters. The van der Waals surface area contributed by atoms with E-state index in [2.05, 4.69) is 38.5 Å². The fourth-order valence-corrected chi connectivity index (χ4v) is 4.50. The van der Waals surface area contributed by atoms with Crippen LogP contribution in [0, 0.1) is 3.57 Å². The van der Waals surface area contributed by atoms with Crippen molar-refractivity contribution in [2.45, 2.75) is 13.0 Å². The zero-order chi connectivity index (χ0) is 20.8. The van der Waals surface area contributed by atoms with E-state index in [9.17, 15) is 9.59 Å². The number of imide groups is 1. The molecule has 2 aromatic rings. The van der Waals surface area contributed by atoms with Crippen LogP contribution in [-0.2, 0) is 16.1 Å². The lowest BCUT2D eigenvalue weighted by Crippen LogP contribution is -2.29. The first-order valence-corrected chi connectivity index (χ1v) is 11.6. The van der Waals surface area contributed by atoms with Gasteiger partial charge in [0.1, 0.15) is 12.4 Å². The molecule has 152 valence electrons. The summed E-state index contributed by atoms with van der Waals surface area (Å²) in [6, 6.07) is 13.7. The lowest BCUT2D eigenvalue weighted by molar-refractivity contribution is -0.122. The highest BCUT2D eigenvalue weighted by molar-refractivity contribution is 14.1. The number of benzene rings is 2. The molecule has 3 rings (SSSR count). The van der Waals surface area contributed by atoms with Crippen molar-refractivity contribution >= 4 is 67.5 Å². The van der Waals surface area contributed by atoms with Gasteiger partial charge in [-0.05, 0) is 82.2 Å². The van der Waals surface area contributed by atoms with Gasteiger partial charge in [-0.1, -0.05) is 34.1 Å². The van der Waals surface area contributed by atoms with Crippen LogP contribution in [0.3, 0.4) is 0 Å². The minimum Gasteiger partial charge on any atom is -0.488 e. The fraction of sp³-hybridized carbons (Fsp3) is 0.238. The van der Waals surface area contributed by atoms with Gasteiger partial charge in [0.15, 0.2) is 0 Å². The zero-order valence-electron chi connectivity index (χ0n) is 15.7. The molecule has 29 heavy (non-hydrogen) atoms. The van der Waals surface area contributed by atoms with Crippen molar-refractivity contribution in [2.24, 2.45) is 0 Å². The summed E-state index contributed by atoms with van der Waals surface area (Å²) in [5.41, 5.74) is 1.93. The highest BCUT2D eigenvalue weighted by Gasteiger charge is 2.34. The summed E-state index contributed by atoms with van der Waals surface area (Å²) in [7, 11) is 1.60. The molecule has 1 fully saturated rings. The van der Waals surface area contributed by atoms with Gasteiger partial charge in [-0.25, -0.2) is 0 Å². The fourth-order valence-electron chi connectivity index (χ4n) is 2.68. The van der Waals surface area contributed by atoms with Crippen LogP contribution in [0.4, 0.5) is 4.79 Å². The molecule has 0 aliphatic carbocycles. The Balaban J connectivity index is 1.65. The highest BCUT2D eigenvalue weighted by Crippen LogP contribution is 2.33. The van der Waals surface area contributed by atoms with Crippen LogP contribution in [0.25, 0.3) is 6.08 Å². The molecule has 1 aliphatic rings. The van der Waals surface area contributed by atoms with Crippen molar-refractivity contribution in [3.8, 4) is 5.75 Å². The second-order valence-electron chi connectivity index (χ2n) is 6.28. The van der Waals surface area contributed by atoms with Crippen LogP contribution in [0.2, 0.25) is 0 Å². The van der Waals surface area contributed by atoms with E-state index >= 15 is 0 Å². The van der Waals surface area contributed by atoms with Crippen LogP contribution >= 0.6 is 50.3 Å². The maximum Gasteiger partial charge on any atom is 0.293 e. The highest BCUT2D eigenvalue weighted by atomic mass is 127. The third kappa shape index (κ3) is 6.07. The SMILES string of the molecule is COCCCN1C(=O)S/C(=C/c2ccc(OCc3ccc(Br)cc3)c(I)c2)C1=O. The summed E-state index contributed by atoms with van der Waals surface area (Å²) in [4.78, 5) is 26.3. The molecule has 2 aromatic carbocycles. The summed E-state index contributed by atoms with van der Waals surface area (Å²) in [6.07, 6.45) is 2.38. The number of rotatable bonds is 8. The summed E-state index contributed by atoms with van der Waals surface area (Å²) < 4.78 is 12.9. The van der Waals surface area contributed by atoms with E-state index in [1.165, 1.54) is 4.90 Å². The summed E-state index contributed by atoms with van der Waals surface area (Å²) in [6.45, 7) is 1.36. The first kappa shape index (κ1) is 22.3. The summed E-state index contributed by atoms with van der Waals surface area (Å²) >= 11 is 6.61. The number of amides is 2. The Labute approximate surface area is 196 Å². The number of hydrogen-bond acceptors (Lipinski definition) is 5. The molecular formula is C21H19BrINO4S. The van der Waals surface area contributed by atoms with Crippen molar-refractivity contribution < 1.29 is 19.1 Å². The number of ether oxygens (including phenoxy) is 2. The third-order valence-electron chi connectivity index (χ3n) is 4.17. The van der Waals surface area contributed by atoms with E-state index in [0.717, 1.165) is 36.7 Å². The van der Waals surface area contributed by atoms with Crippen molar-refractivity contribution in [1.82, 2.24) is 4.90 Å². The van der Waals surface area contributed by atoms with Gasteiger partial charge in [0.2, 0.25) is 0 Å². The summed E-state index contributed by atoms with van der Waals surface area (Å²) in [5, 5.41) is -0.235. The van der Waals surface area contributed by atoms with Gasteiger partial charge in [-0.3, -0.25) is 14.5 Å². The van der Waals surface area contributed by atoms with Crippen molar-refractivity contribution in [3.63, 3.8) is 0 Å². The number of carbonyl (C=O) groups excluding carboxylic acids is 2. The molecule has 1 saturated heterocycles. The van der Waals surface area contributed by atoms with E-state index in [1.807, 2.05) is 42.5 Å². The van der Waals surface area contributed by atoms with Gasteiger partial charge >= 0.3 is 0 Å². The van der Waals surface area contributed by atoms with Gasteiger partial charge < -0.3 is 9.47 Å². The molecule has 0 bridgehead atoms. The number of nitrogens with zero attached hydrogens (tertiary/aromatic N) is 1. The molecule has 5 nitrogen and oxygen atoms in total. The molecular weight excluding hydrogens is 569 g/mol. The zero-order valence-corrected chi connectivity index (χ0v) is 20.3. The Morgan fingerprint density at radius 2 is 1.93 bits per heavy atom. The van der Waals surface area contributed by atoms with E-state index in [0.29, 0.717) is 31.1 Å². The van der Waals surface area contributed by atoms with Gasteiger partial charge in [-0.15, -0.1) is 0 Å². The normalized spacial score (nSPS) is 15.4. The molecule has 0 unspecified atom stereocenters. The standard InChI is InChI=1S/C21H19BrINO4S/c1-27-10-2-9-24-20(25)19(29-21(24)26)12-15-5-8-18(17(23)11-15)28-13-14-3-6-16(22)7-4-14/h3-8,11-12H,2,9-10,13H2,1H3/b19-12+. The van der Waals surface area contributed by atoms with Gasteiger partial charge in [0.05, 0.1) is 8.48 Å². The third-order valence-corrected chi connectivity index (χ3v) is 6.44. The largest absolute Gasteiger partial charge is 0.488 e. The first-order valence-electron chi connectivity index (χ1n) is 8.89. The number of carbonyl (C=O) groups is 2. The Morgan fingerprint density at radius 3 is 2.62 bits per heavy atom. The topological polar surface area (TPSA) is 55.8 Å². The van der Waals surface area contributed by atoms with Crippen LogP contribution in [0.15, 0.2) is 51.8 Å². The minimum absolute atomic E-state index is 0.235. The lowest BCUT2D eigenvalue weighted by Gasteiger charge is -2.11. The Bertz CT molecular complexity index is 933. The van der Waals surface area contributed by atoms with E-state index in [1.54, 1.807) is 13.2 Å². The average molecular weight is 588 g/mol. The summed E-state index contributed by atoms with van der Waals surface area (Å²) in [5.74, 6) is 0.528. The van der Waals surface area contributed by atoms with Crippen LogP contribution in [0.1, 0.15) is 17.5 Å². The van der Waals surface area contributed by atoms with E-state index in [4.69, 9.17) is 9.47 Å². The number of halogens is 2. The molecule has 0 N–H and O–H groups in total. The number of hydrogen-bond donors (Lipinski definition) is 0. The molecule has 2 amide bonds. The quantitative estimate of drug-likeness (QED) is 0.225. The van der Waals surface area contributed by atoms with Crippen molar-refractivity contribution in [3.05, 3.63) is 66.5 Å². The monoisotopic (exact) mass is 587 g/mol. The average Bonchev–Trinajstić information content (AvgIpc) is 2.96. The van der Waals surface area contributed by atoms with Crippen molar-refractivity contribution in [1.29, 1.82) is 0 Å². The van der Waals surface area contributed by atoms with Gasteiger partial charge in [-0.2, -0.15) is 0 Å². The second kappa shape index (κ2) is 10.6. The maximum atomic E-state index is 12.5. The molecule has 1 aliphatic heterocycles. The van der Waals surface area contributed by atoms with Gasteiger partial charge in [0.25, 0.3) is 11.1 Å². The minimum atomic E-state index is -0.248. The first-order chi connectivity index (χ1) is 14.0. The predicted molar refractivity (Wildman–Crippen MR) is 127 cm³/mol. The maximum absolute atomic E-state index is 12.5. The van der Waals surface area contributed by atoms with Crippen LogP contribution < -0.4 is 4.74 Å². The molecule has 0 spiro atoms. The Morgan fingerprint density at radius 1 is 1.17 bits per heavy atom. The van der Waals surface area contributed by atoms with Crippen LogP contribution in [-0.4, -0.2) is 36.3 Å². The van der Waals surface area contributed by atoms with E-state index in [-0.39, 0.29) is 11.1 Å². The second-order valence-corrected chi connectivity index (χ2v) is 9.36. The predicted octanol–water partition coefficient (Wildman–Crippen LogP) is 5.71. The van der Waals surface area contributed by atoms with Gasteiger partial charge in [0, 0.05) is 24.7 Å². The smallest absolute Gasteiger partial charge is 0.293 e. The molecule has 1 heterocycles. The Kier molecular flexibility index (Phi) is 8.16. The van der Waals surface area contributed by atoms with Crippen molar-refractivity contribution in [2.75, 3.05) is 20.3 Å². The van der Waals surface area contributed by atoms with Crippen LogP contribution in [0.5, 0.6) is 5.75 Å².